The number of aliphatic hydroxyl groups is 1. The Kier molecular flexibility index (Phi) is 5.12. The van der Waals surface area contributed by atoms with E-state index in [-0.39, 0.29) is 12.5 Å². The number of rotatable bonds is 6. The number of hydrogen-bond donors (Lipinski definition) is 2. The largest absolute Gasteiger partial charge is 0.396 e. The van der Waals surface area contributed by atoms with Gasteiger partial charge in [0.15, 0.2) is 5.13 Å². The Balaban J connectivity index is 1.22. The second kappa shape index (κ2) is 7.60. The maximum absolute atomic E-state index is 12.8. The Labute approximate surface area is 171 Å². The van der Waals surface area contributed by atoms with Gasteiger partial charge in [0.1, 0.15) is 4.88 Å². The fourth-order valence-electron chi connectivity index (χ4n) is 7.07. The van der Waals surface area contributed by atoms with Crippen LogP contribution in [0, 0.1) is 23.2 Å². The maximum atomic E-state index is 12.8. The van der Waals surface area contributed by atoms with Crippen molar-refractivity contribution in [1.82, 2.24) is 10.3 Å². The van der Waals surface area contributed by atoms with Gasteiger partial charge in [0.2, 0.25) is 0 Å². The monoisotopic (exact) mass is 403 g/mol. The summed E-state index contributed by atoms with van der Waals surface area (Å²) in [6.45, 7) is 2.04. The van der Waals surface area contributed by atoms with Crippen LogP contribution in [0.15, 0.2) is 6.20 Å². The van der Waals surface area contributed by atoms with Gasteiger partial charge in [-0.2, -0.15) is 0 Å². The number of thiazole rings is 1. The van der Waals surface area contributed by atoms with Gasteiger partial charge in [0.25, 0.3) is 5.91 Å². The summed E-state index contributed by atoms with van der Waals surface area (Å²) in [6, 6.07) is 0.354. The third-order valence-corrected chi connectivity index (χ3v) is 8.87. The van der Waals surface area contributed by atoms with Gasteiger partial charge in [0, 0.05) is 25.7 Å². The molecule has 2 N–H and O–H groups in total. The molecular weight excluding hydrogens is 370 g/mol. The van der Waals surface area contributed by atoms with Gasteiger partial charge in [-0.15, -0.1) is 0 Å². The molecular formula is C22H33N3O2S. The Morgan fingerprint density at radius 1 is 1.21 bits per heavy atom. The van der Waals surface area contributed by atoms with Crippen molar-refractivity contribution in [3.63, 3.8) is 0 Å². The number of piperidine rings is 1. The number of amides is 1. The highest BCUT2D eigenvalue weighted by atomic mass is 32.1. The minimum atomic E-state index is 0.0511. The quantitative estimate of drug-likeness (QED) is 0.758. The smallest absolute Gasteiger partial charge is 0.263 e. The summed E-state index contributed by atoms with van der Waals surface area (Å²) >= 11 is 1.52. The first kappa shape index (κ1) is 18.9. The van der Waals surface area contributed by atoms with Crippen molar-refractivity contribution in [1.29, 1.82) is 0 Å². The average Bonchev–Trinajstić information content (AvgIpc) is 3.16. The average molecular weight is 404 g/mol. The lowest BCUT2D eigenvalue weighted by Crippen LogP contribution is -2.51. The minimum absolute atomic E-state index is 0.0511. The van der Waals surface area contributed by atoms with E-state index in [1.165, 1.54) is 56.3 Å². The Morgan fingerprint density at radius 3 is 2.61 bits per heavy atom. The van der Waals surface area contributed by atoms with Gasteiger partial charge < -0.3 is 15.3 Å². The first-order valence-electron chi connectivity index (χ1n) is 11.3. The first-order valence-corrected chi connectivity index (χ1v) is 12.1. The molecule has 1 unspecified atom stereocenters. The zero-order chi connectivity index (χ0) is 19.1. The molecule has 0 spiro atoms. The van der Waals surface area contributed by atoms with Gasteiger partial charge in [0.05, 0.1) is 6.20 Å². The van der Waals surface area contributed by atoms with E-state index in [4.69, 9.17) is 0 Å². The van der Waals surface area contributed by atoms with Crippen LogP contribution < -0.4 is 10.2 Å². The summed E-state index contributed by atoms with van der Waals surface area (Å²) < 4.78 is 0. The number of aliphatic hydroxyl groups excluding tert-OH is 1. The Morgan fingerprint density at radius 2 is 1.93 bits per heavy atom. The molecule has 1 atom stereocenters. The van der Waals surface area contributed by atoms with Crippen LogP contribution in [0.5, 0.6) is 0 Å². The van der Waals surface area contributed by atoms with Crippen LogP contribution in [-0.2, 0) is 0 Å². The molecule has 5 nitrogen and oxygen atoms in total. The van der Waals surface area contributed by atoms with Crippen LogP contribution in [-0.4, -0.2) is 41.7 Å². The van der Waals surface area contributed by atoms with Crippen molar-refractivity contribution in [2.24, 2.45) is 23.2 Å². The first-order chi connectivity index (χ1) is 13.6. The summed E-state index contributed by atoms with van der Waals surface area (Å²) in [5.74, 6) is 2.80. The van der Waals surface area contributed by atoms with Gasteiger partial charge in [-0.05, 0) is 87.4 Å². The van der Waals surface area contributed by atoms with E-state index in [0.29, 0.717) is 11.5 Å². The molecule has 5 aliphatic rings. The molecule has 1 aliphatic heterocycles. The summed E-state index contributed by atoms with van der Waals surface area (Å²) in [4.78, 5) is 20.4. The number of aromatic nitrogens is 1. The zero-order valence-corrected chi connectivity index (χ0v) is 17.6. The molecule has 1 aromatic rings. The Bertz CT molecular complexity index is 681. The summed E-state index contributed by atoms with van der Waals surface area (Å²) in [7, 11) is 0. The van der Waals surface area contributed by atoms with E-state index in [0.717, 1.165) is 60.1 Å². The Hall–Kier alpha value is -1.14. The second-order valence-electron chi connectivity index (χ2n) is 9.96. The molecule has 4 bridgehead atoms. The summed E-state index contributed by atoms with van der Waals surface area (Å²) in [5, 5.41) is 13.6. The molecule has 6 rings (SSSR count). The molecule has 2 heterocycles. The highest BCUT2D eigenvalue weighted by Crippen LogP contribution is 2.59. The van der Waals surface area contributed by atoms with E-state index >= 15 is 0 Å². The number of anilines is 1. The van der Waals surface area contributed by atoms with Crippen LogP contribution in [0.3, 0.4) is 0 Å². The predicted molar refractivity (Wildman–Crippen MR) is 112 cm³/mol. The molecule has 1 amide bonds. The lowest BCUT2D eigenvalue weighted by molar-refractivity contribution is -0.0503. The molecule has 28 heavy (non-hydrogen) atoms. The van der Waals surface area contributed by atoms with E-state index in [1.807, 2.05) is 0 Å². The molecule has 4 saturated carbocycles. The standard InChI is InChI=1S/C22H33N3O2S/c26-6-4-18-3-1-2-5-25(18)21-23-13-19(28-21)20(27)24-14-22-10-15-7-16(11-22)9-17(8-15)12-22/h13,15-18,26H,1-12,14H2,(H,24,27). The third kappa shape index (κ3) is 3.58. The van der Waals surface area contributed by atoms with Gasteiger partial charge in [-0.3, -0.25) is 4.79 Å². The second-order valence-corrected chi connectivity index (χ2v) is 11.0. The normalized spacial score (nSPS) is 36.7. The van der Waals surface area contributed by atoms with E-state index < -0.39 is 0 Å². The van der Waals surface area contributed by atoms with Gasteiger partial charge in [-0.25, -0.2) is 4.98 Å². The molecule has 154 valence electrons. The zero-order valence-electron chi connectivity index (χ0n) is 16.7. The molecule has 0 radical (unpaired) electrons. The van der Waals surface area contributed by atoms with Crippen molar-refractivity contribution >= 4 is 22.4 Å². The van der Waals surface area contributed by atoms with Crippen LogP contribution in [0.25, 0.3) is 0 Å². The van der Waals surface area contributed by atoms with E-state index in [2.05, 4.69) is 15.2 Å². The van der Waals surface area contributed by atoms with Crippen molar-refractivity contribution in [2.75, 3.05) is 24.6 Å². The lowest BCUT2D eigenvalue weighted by atomic mass is 9.49. The fourth-order valence-corrected chi connectivity index (χ4v) is 8.00. The molecule has 5 fully saturated rings. The summed E-state index contributed by atoms with van der Waals surface area (Å²) in [5.41, 5.74) is 0.372. The van der Waals surface area contributed by atoms with Crippen LogP contribution in [0.4, 0.5) is 5.13 Å². The SMILES string of the molecule is O=C(NCC12CC3CC(CC(C3)C1)C2)c1cnc(N2CCCCC2CCO)s1. The predicted octanol–water partition coefficient (Wildman–Crippen LogP) is 3.83. The molecule has 0 aromatic carbocycles. The van der Waals surface area contributed by atoms with E-state index in [9.17, 15) is 9.90 Å². The lowest BCUT2D eigenvalue weighted by Gasteiger charge is -2.56. The van der Waals surface area contributed by atoms with Crippen LogP contribution in [0.2, 0.25) is 0 Å². The molecule has 1 aromatic heterocycles. The topological polar surface area (TPSA) is 65.5 Å². The maximum Gasteiger partial charge on any atom is 0.263 e. The van der Waals surface area contributed by atoms with Crippen molar-refractivity contribution in [3.05, 3.63) is 11.1 Å². The summed E-state index contributed by atoms with van der Waals surface area (Å²) in [6.07, 6.45) is 14.3. The minimum Gasteiger partial charge on any atom is -0.396 e. The van der Waals surface area contributed by atoms with Gasteiger partial charge in [-0.1, -0.05) is 11.3 Å². The number of hydrogen-bond acceptors (Lipinski definition) is 5. The van der Waals surface area contributed by atoms with Crippen LogP contribution >= 0.6 is 11.3 Å². The number of carbonyl (C=O) groups is 1. The van der Waals surface area contributed by atoms with Crippen molar-refractivity contribution in [3.8, 4) is 0 Å². The highest BCUT2D eigenvalue weighted by molar-refractivity contribution is 7.17. The third-order valence-electron chi connectivity index (χ3n) is 7.84. The van der Waals surface area contributed by atoms with Crippen molar-refractivity contribution < 1.29 is 9.90 Å². The van der Waals surface area contributed by atoms with E-state index in [1.54, 1.807) is 6.20 Å². The molecule has 1 saturated heterocycles. The molecule has 4 aliphatic carbocycles. The fraction of sp³-hybridized carbons (Fsp3) is 0.818. The van der Waals surface area contributed by atoms with Crippen LogP contribution in [0.1, 0.15) is 73.9 Å². The molecule has 6 heteroatoms. The number of carbonyl (C=O) groups excluding carboxylic acids is 1. The number of nitrogens with zero attached hydrogens (tertiary/aromatic N) is 2. The van der Waals surface area contributed by atoms with Crippen molar-refractivity contribution in [2.45, 2.75) is 70.3 Å². The van der Waals surface area contributed by atoms with Gasteiger partial charge >= 0.3 is 0 Å². The number of nitrogens with one attached hydrogen (secondary N) is 1. The highest BCUT2D eigenvalue weighted by Gasteiger charge is 2.50.